The average Bonchev–Trinajstić information content (AvgIpc) is 2.35. The van der Waals surface area contributed by atoms with Crippen LogP contribution in [0, 0.1) is 0 Å². The fourth-order valence-corrected chi connectivity index (χ4v) is 2.75. The highest BCUT2D eigenvalue weighted by Gasteiger charge is 2.14. The van der Waals surface area contributed by atoms with Crippen molar-refractivity contribution in [1.82, 2.24) is 0 Å². The molecule has 0 aliphatic carbocycles. The third kappa shape index (κ3) is 3.80. The maximum Gasteiger partial charge on any atom is 0.311 e. The van der Waals surface area contributed by atoms with Gasteiger partial charge < -0.3 is 11.1 Å². The topological polar surface area (TPSA) is 55.1 Å². The van der Waals surface area contributed by atoms with Crippen molar-refractivity contribution in [2.45, 2.75) is 9.79 Å². The summed E-state index contributed by atoms with van der Waals surface area (Å²) in [6.45, 7) is 0. The molecule has 0 fully saturated rings. The SMILES string of the molecule is Clc1ccc2c(c1)Nc1ccccc1S2.NC(=O)Cl. The number of fused-ring (bicyclic) bond motifs is 2. The van der Waals surface area contributed by atoms with Gasteiger partial charge in [0.15, 0.2) is 0 Å². The number of carbonyl (C=O) groups excluding carboxylic acids is 1. The van der Waals surface area contributed by atoms with Crippen LogP contribution in [0.4, 0.5) is 16.2 Å². The van der Waals surface area contributed by atoms with Gasteiger partial charge in [-0.15, -0.1) is 0 Å². The number of hydrogen-bond donors (Lipinski definition) is 2. The highest BCUT2D eigenvalue weighted by Crippen LogP contribution is 2.44. The summed E-state index contributed by atoms with van der Waals surface area (Å²) in [6.07, 6.45) is 0. The van der Waals surface area contributed by atoms with Crippen molar-refractivity contribution in [2.24, 2.45) is 5.73 Å². The number of amides is 1. The standard InChI is InChI=1S/C12H8ClNS.CH2ClNO/c13-8-5-6-12-10(7-8)14-9-3-1-2-4-11(9)15-12;2-1(3)4/h1-7,14H;(H2,3,4). The second kappa shape index (κ2) is 6.19. The molecule has 0 saturated heterocycles. The predicted molar refractivity (Wildman–Crippen MR) is 80.7 cm³/mol. The summed E-state index contributed by atoms with van der Waals surface area (Å²) in [4.78, 5) is 11.5. The lowest BCUT2D eigenvalue weighted by Gasteiger charge is -2.20. The van der Waals surface area contributed by atoms with Gasteiger partial charge in [0, 0.05) is 14.8 Å². The lowest BCUT2D eigenvalue weighted by atomic mass is 10.2. The van der Waals surface area contributed by atoms with Crippen LogP contribution in [0.1, 0.15) is 0 Å². The van der Waals surface area contributed by atoms with Gasteiger partial charge in [0.25, 0.3) is 0 Å². The van der Waals surface area contributed by atoms with Crippen molar-refractivity contribution in [1.29, 1.82) is 0 Å². The normalized spacial score (nSPS) is 11.3. The first-order valence-electron chi connectivity index (χ1n) is 5.34. The van der Waals surface area contributed by atoms with Crippen LogP contribution >= 0.6 is 35.0 Å². The molecule has 0 spiro atoms. The number of nitrogens with two attached hydrogens (primary N) is 1. The molecule has 0 atom stereocenters. The Morgan fingerprint density at radius 2 is 1.74 bits per heavy atom. The summed E-state index contributed by atoms with van der Waals surface area (Å²) in [5, 5.41) is 3.28. The summed E-state index contributed by atoms with van der Waals surface area (Å²) in [5.41, 5.74) is 6.48. The van der Waals surface area contributed by atoms with Gasteiger partial charge in [-0.1, -0.05) is 35.5 Å². The summed E-state index contributed by atoms with van der Waals surface area (Å²) in [6, 6.07) is 14.2. The zero-order chi connectivity index (χ0) is 13.8. The van der Waals surface area contributed by atoms with E-state index < -0.39 is 5.37 Å². The van der Waals surface area contributed by atoms with Gasteiger partial charge >= 0.3 is 5.37 Å². The maximum absolute atomic E-state index is 8.99. The number of nitrogens with one attached hydrogen (secondary N) is 1. The number of carbonyl (C=O) groups is 1. The first kappa shape index (κ1) is 14.1. The van der Waals surface area contributed by atoms with Crippen molar-refractivity contribution in [3.63, 3.8) is 0 Å². The highest BCUT2D eigenvalue weighted by molar-refractivity contribution is 7.99. The number of rotatable bonds is 0. The Hall–Kier alpha value is -1.36. The Kier molecular flexibility index (Phi) is 4.58. The molecule has 3 N–H and O–H groups in total. The largest absolute Gasteiger partial charge is 0.356 e. The first-order chi connectivity index (χ1) is 9.06. The maximum atomic E-state index is 8.99. The van der Waals surface area contributed by atoms with E-state index in [1.54, 1.807) is 11.8 Å². The molecule has 0 aromatic heterocycles. The zero-order valence-electron chi connectivity index (χ0n) is 9.69. The van der Waals surface area contributed by atoms with Crippen LogP contribution in [-0.4, -0.2) is 5.37 Å². The van der Waals surface area contributed by atoms with Crippen molar-refractivity contribution >= 4 is 51.7 Å². The molecule has 1 aliphatic rings. The Labute approximate surface area is 125 Å². The fourth-order valence-electron chi connectivity index (χ4n) is 1.61. The minimum atomic E-state index is -0.861. The summed E-state index contributed by atoms with van der Waals surface area (Å²) < 4.78 is 0. The monoisotopic (exact) mass is 312 g/mol. The Balaban J connectivity index is 0.000000297. The molecule has 6 heteroatoms. The first-order valence-corrected chi connectivity index (χ1v) is 6.92. The van der Waals surface area contributed by atoms with E-state index in [1.165, 1.54) is 9.79 Å². The van der Waals surface area contributed by atoms with Crippen LogP contribution in [0.25, 0.3) is 0 Å². The van der Waals surface area contributed by atoms with E-state index in [0.29, 0.717) is 0 Å². The second-order valence-electron chi connectivity index (χ2n) is 3.67. The van der Waals surface area contributed by atoms with E-state index in [1.807, 2.05) is 24.3 Å². The second-order valence-corrected chi connectivity index (χ2v) is 5.56. The molecule has 0 bridgehead atoms. The van der Waals surface area contributed by atoms with E-state index in [9.17, 15) is 0 Å². The van der Waals surface area contributed by atoms with E-state index in [2.05, 4.69) is 40.9 Å². The highest BCUT2D eigenvalue weighted by atomic mass is 35.5. The zero-order valence-corrected chi connectivity index (χ0v) is 12.0. The minimum Gasteiger partial charge on any atom is -0.356 e. The van der Waals surface area contributed by atoms with E-state index in [4.69, 9.17) is 16.4 Å². The number of benzene rings is 2. The molecular weight excluding hydrogens is 303 g/mol. The molecule has 1 aliphatic heterocycles. The van der Waals surface area contributed by atoms with E-state index in [-0.39, 0.29) is 0 Å². The van der Waals surface area contributed by atoms with Gasteiger partial charge in [0.1, 0.15) is 0 Å². The molecule has 3 rings (SSSR count). The summed E-state index contributed by atoms with van der Waals surface area (Å²) in [7, 11) is 0. The number of para-hydroxylation sites is 1. The number of anilines is 2. The minimum absolute atomic E-state index is 0.765. The lowest BCUT2D eigenvalue weighted by Crippen LogP contribution is -1.98. The summed E-state index contributed by atoms with van der Waals surface area (Å²) in [5.74, 6) is 0. The Bertz CT molecular complexity index is 615. The Morgan fingerprint density at radius 1 is 1.11 bits per heavy atom. The molecule has 0 saturated carbocycles. The molecule has 0 unspecified atom stereocenters. The van der Waals surface area contributed by atoms with Gasteiger partial charge in [-0.25, -0.2) is 0 Å². The smallest absolute Gasteiger partial charge is 0.311 e. The number of halogens is 2. The molecule has 2 aromatic rings. The number of primary amides is 1. The average molecular weight is 313 g/mol. The van der Waals surface area contributed by atoms with Gasteiger partial charge in [0.2, 0.25) is 0 Å². The molecule has 2 aromatic carbocycles. The van der Waals surface area contributed by atoms with Crippen molar-refractivity contribution in [3.05, 3.63) is 47.5 Å². The van der Waals surface area contributed by atoms with Crippen LogP contribution in [0.2, 0.25) is 5.02 Å². The molecule has 1 amide bonds. The van der Waals surface area contributed by atoms with E-state index in [0.717, 1.165) is 16.4 Å². The lowest BCUT2D eigenvalue weighted by molar-refractivity contribution is 0.266. The van der Waals surface area contributed by atoms with Gasteiger partial charge in [-0.05, 0) is 41.9 Å². The molecular formula is C13H10Cl2N2OS. The van der Waals surface area contributed by atoms with Gasteiger partial charge in [-0.2, -0.15) is 0 Å². The van der Waals surface area contributed by atoms with Crippen LogP contribution in [-0.2, 0) is 0 Å². The van der Waals surface area contributed by atoms with Crippen LogP contribution in [0.15, 0.2) is 52.3 Å². The van der Waals surface area contributed by atoms with Crippen molar-refractivity contribution < 1.29 is 4.79 Å². The molecule has 3 nitrogen and oxygen atoms in total. The number of hydrogen-bond acceptors (Lipinski definition) is 3. The fraction of sp³-hybridized carbons (Fsp3) is 0. The third-order valence-electron chi connectivity index (χ3n) is 2.32. The van der Waals surface area contributed by atoms with Crippen LogP contribution in [0.5, 0.6) is 0 Å². The molecule has 19 heavy (non-hydrogen) atoms. The predicted octanol–water partition coefficient (Wildman–Crippen LogP) is 4.85. The molecule has 1 heterocycles. The van der Waals surface area contributed by atoms with Crippen molar-refractivity contribution in [3.8, 4) is 0 Å². The van der Waals surface area contributed by atoms with Crippen molar-refractivity contribution in [2.75, 3.05) is 5.32 Å². The van der Waals surface area contributed by atoms with Gasteiger partial charge in [-0.3, -0.25) is 4.79 Å². The summed E-state index contributed by atoms with van der Waals surface area (Å²) >= 11 is 12.1. The molecule has 0 radical (unpaired) electrons. The van der Waals surface area contributed by atoms with Gasteiger partial charge in [0.05, 0.1) is 11.4 Å². The quantitative estimate of drug-likeness (QED) is 0.461. The Morgan fingerprint density at radius 3 is 2.47 bits per heavy atom. The van der Waals surface area contributed by atoms with Crippen LogP contribution < -0.4 is 11.1 Å². The third-order valence-corrected chi connectivity index (χ3v) is 3.70. The van der Waals surface area contributed by atoms with E-state index >= 15 is 0 Å². The molecule has 98 valence electrons. The van der Waals surface area contributed by atoms with Crippen LogP contribution in [0.3, 0.4) is 0 Å².